The molecule has 0 saturated carbocycles. The Balaban J connectivity index is 1.61. The van der Waals surface area contributed by atoms with Gasteiger partial charge in [0, 0.05) is 0 Å². The third-order valence-electron chi connectivity index (χ3n) is 4.74. The van der Waals surface area contributed by atoms with Crippen LogP contribution in [0.3, 0.4) is 0 Å². The highest BCUT2D eigenvalue weighted by Crippen LogP contribution is 2.44. The molecule has 2 aliphatic rings. The molecule has 2 aromatic rings. The Morgan fingerprint density at radius 1 is 0.800 bits per heavy atom. The summed E-state index contributed by atoms with van der Waals surface area (Å²) in [6.07, 6.45) is -0.735. The fourth-order valence-electron chi connectivity index (χ4n) is 3.31. The van der Waals surface area contributed by atoms with Crippen molar-refractivity contribution in [2.24, 2.45) is 0 Å². The van der Waals surface area contributed by atoms with Gasteiger partial charge in [0.2, 0.25) is 0 Å². The van der Waals surface area contributed by atoms with Crippen LogP contribution < -0.4 is 0 Å². The number of carbonyl (C=O) groups is 2. The van der Waals surface area contributed by atoms with Gasteiger partial charge >= 0.3 is 12.2 Å². The Bertz CT molecular complexity index is 928. The minimum atomic E-state index is -0.563. The minimum absolute atomic E-state index is 0.201. The highest BCUT2D eigenvalue weighted by molar-refractivity contribution is 5.77. The first-order chi connectivity index (χ1) is 13.9. The van der Waals surface area contributed by atoms with E-state index in [-0.39, 0.29) is 24.3 Å². The normalized spacial score (nSPS) is 20.9. The molecule has 8 heteroatoms. The standard InChI is InChI=1S/C22H28N4O4/c1-21(2,3)29-19(27)25-11-15(25)17-18(24-14-10-8-7-9-13(14)23-17)16-12-26(16)20(28)30-22(4,5)6/h7-10,15-16H,11-12H2,1-6H3/t15-,16-,25?,26?/m0/s1. The van der Waals surface area contributed by atoms with Crippen LogP contribution in [0.1, 0.15) is 65.0 Å². The predicted octanol–water partition coefficient (Wildman–Crippen LogP) is 4.21. The molecule has 1 aromatic heterocycles. The molecule has 0 unspecified atom stereocenters. The van der Waals surface area contributed by atoms with Crippen LogP contribution in [0.15, 0.2) is 24.3 Å². The van der Waals surface area contributed by atoms with E-state index in [9.17, 15) is 9.59 Å². The lowest BCUT2D eigenvalue weighted by atomic mass is 10.1. The number of carbonyl (C=O) groups excluding carboxylic acids is 2. The molecule has 4 rings (SSSR count). The Kier molecular flexibility index (Phi) is 4.63. The van der Waals surface area contributed by atoms with Gasteiger partial charge in [0.15, 0.2) is 0 Å². The smallest absolute Gasteiger partial charge is 0.411 e. The van der Waals surface area contributed by atoms with Crippen LogP contribution in [0.2, 0.25) is 0 Å². The summed E-state index contributed by atoms with van der Waals surface area (Å²) in [5, 5.41) is 0. The molecule has 0 aliphatic carbocycles. The molecule has 3 heterocycles. The van der Waals surface area contributed by atoms with E-state index in [0.717, 1.165) is 22.4 Å². The number of ether oxygens (including phenoxy) is 2. The molecule has 0 N–H and O–H groups in total. The molecule has 2 atom stereocenters. The van der Waals surface area contributed by atoms with Crippen LogP contribution in [0, 0.1) is 0 Å². The second kappa shape index (κ2) is 6.82. The van der Waals surface area contributed by atoms with E-state index in [1.54, 1.807) is 9.80 Å². The zero-order valence-corrected chi connectivity index (χ0v) is 18.3. The Morgan fingerprint density at radius 3 is 1.50 bits per heavy atom. The molecule has 1 aromatic carbocycles. The molecule has 2 saturated heterocycles. The van der Waals surface area contributed by atoms with Gasteiger partial charge in [-0.25, -0.2) is 19.6 Å². The molecule has 0 bridgehead atoms. The zero-order chi connectivity index (χ0) is 21.8. The summed E-state index contributed by atoms with van der Waals surface area (Å²) in [6.45, 7) is 12.1. The van der Waals surface area contributed by atoms with Crippen molar-refractivity contribution in [3.8, 4) is 0 Å². The van der Waals surface area contributed by atoms with Crippen LogP contribution in [-0.2, 0) is 9.47 Å². The predicted molar refractivity (Wildman–Crippen MR) is 111 cm³/mol. The zero-order valence-electron chi connectivity index (χ0n) is 18.3. The maximum Gasteiger partial charge on any atom is 0.411 e. The van der Waals surface area contributed by atoms with E-state index in [1.165, 1.54) is 0 Å². The number of hydrogen-bond donors (Lipinski definition) is 0. The van der Waals surface area contributed by atoms with E-state index in [0.29, 0.717) is 13.1 Å². The summed E-state index contributed by atoms with van der Waals surface area (Å²) in [7, 11) is 0. The molecule has 2 aliphatic heterocycles. The number of hydrogen-bond acceptors (Lipinski definition) is 6. The molecule has 2 fully saturated rings. The number of rotatable bonds is 2. The lowest BCUT2D eigenvalue weighted by Gasteiger charge is -2.20. The van der Waals surface area contributed by atoms with E-state index in [1.807, 2.05) is 65.8 Å². The van der Waals surface area contributed by atoms with Gasteiger partial charge in [-0.15, -0.1) is 0 Å². The average molecular weight is 412 g/mol. The molecule has 0 radical (unpaired) electrons. The molecule has 30 heavy (non-hydrogen) atoms. The topological polar surface area (TPSA) is 84.4 Å². The van der Waals surface area contributed by atoms with Gasteiger partial charge in [-0.1, -0.05) is 12.1 Å². The SMILES string of the molecule is CC(C)(C)OC(=O)N1C[C@H]1c1nc2ccccc2nc1[C@@H]1CN1C(=O)OC(C)(C)C. The third kappa shape index (κ3) is 4.32. The second-order valence-electron chi connectivity index (χ2n) is 9.78. The Hall–Kier alpha value is -2.90. The molecule has 8 nitrogen and oxygen atoms in total. The summed E-state index contributed by atoms with van der Waals surface area (Å²) < 4.78 is 11.0. The monoisotopic (exact) mass is 412 g/mol. The fourth-order valence-corrected chi connectivity index (χ4v) is 3.31. The molecular weight excluding hydrogens is 384 g/mol. The first kappa shape index (κ1) is 20.4. The number of fused-ring (bicyclic) bond motifs is 1. The number of amides is 2. The van der Waals surface area contributed by atoms with Gasteiger partial charge in [-0.3, -0.25) is 9.80 Å². The minimum Gasteiger partial charge on any atom is -0.444 e. The van der Waals surface area contributed by atoms with Crippen LogP contribution in [0.5, 0.6) is 0 Å². The van der Waals surface area contributed by atoms with Crippen LogP contribution >= 0.6 is 0 Å². The van der Waals surface area contributed by atoms with E-state index >= 15 is 0 Å². The van der Waals surface area contributed by atoms with Gasteiger partial charge in [-0.05, 0) is 53.7 Å². The number of aromatic nitrogens is 2. The Labute approximate surface area is 176 Å². The largest absolute Gasteiger partial charge is 0.444 e. The van der Waals surface area contributed by atoms with Gasteiger partial charge in [-0.2, -0.15) is 0 Å². The van der Waals surface area contributed by atoms with E-state index in [2.05, 4.69) is 0 Å². The van der Waals surface area contributed by atoms with Gasteiger partial charge in [0.1, 0.15) is 11.2 Å². The number of para-hydroxylation sites is 2. The van der Waals surface area contributed by atoms with Crippen molar-refractivity contribution in [1.82, 2.24) is 19.8 Å². The summed E-state index contributed by atoms with van der Waals surface area (Å²) in [6, 6.07) is 7.20. The fraction of sp³-hybridized carbons (Fsp3) is 0.545. The maximum atomic E-state index is 12.5. The van der Waals surface area contributed by atoms with Crippen LogP contribution in [0.25, 0.3) is 11.0 Å². The number of nitrogens with zero attached hydrogens (tertiary/aromatic N) is 4. The van der Waals surface area contributed by atoms with Crippen molar-refractivity contribution in [3.05, 3.63) is 35.7 Å². The average Bonchev–Trinajstić information content (AvgIpc) is 3.51. The third-order valence-corrected chi connectivity index (χ3v) is 4.74. The molecule has 2 amide bonds. The first-order valence-electron chi connectivity index (χ1n) is 10.2. The van der Waals surface area contributed by atoms with E-state index < -0.39 is 11.2 Å². The first-order valence-corrected chi connectivity index (χ1v) is 10.2. The summed E-state index contributed by atoms with van der Waals surface area (Å²) in [5.41, 5.74) is 1.83. The summed E-state index contributed by atoms with van der Waals surface area (Å²) in [4.78, 5) is 37.8. The van der Waals surface area contributed by atoms with Crippen molar-refractivity contribution in [1.29, 1.82) is 0 Å². The van der Waals surface area contributed by atoms with E-state index in [4.69, 9.17) is 19.4 Å². The van der Waals surface area contributed by atoms with Crippen molar-refractivity contribution in [2.45, 2.75) is 64.8 Å². The van der Waals surface area contributed by atoms with Crippen molar-refractivity contribution in [3.63, 3.8) is 0 Å². The van der Waals surface area contributed by atoms with Crippen molar-refractivity contribution < 1.29 is 19.1 Å². The van der Waals surface area contributed by atoms with Gasteiger partial charge < -0.3 is 9.47 Å². The quantitative estimate of drug-likeness (QED) is 0.687. The summed E-state index contributed by atoms with van der Waals surface area (Å²) in [5.74, 6) is 0. The Morgan fingerprint density at radius 2 is 1.17 bits per heavy atom. The van der Waals surface area contributed by atoms with Crippen molar-refractivity contribution in [2.75, 3.05) is 13.1 Å². The van der Waals surface area contributed by atoms with Gasteiger partial charge in [0.25, 0.3) is 0 Å². The highest BCUT2D eigenvalue weighted by Gasteiger charge is 2.50. The van der Waals surface area contributed by atoms with Crippen molar-refractivity contribution >= 4 is 23.2 Å². The second-order valence-corrected chi connectivity index (χ2v) is 9.78. The van der Waals surface area contributed by atoms with Gasteiger partial charge in [0.05, 0.1) is 47.6 Å². The molecule has 0 spiro atoms. The lowest BCUT2D eigenvalue weighted by molar-refractivity contribution is 0.0390. The lowest BCUT2D eigenvalue weighted by Crippen LogP contribution is -2.27. The number of benzene rings is 1. The highest BCUT2D eigenvalue weighted by atomic mass is 16.6. The van der Waals surface area contributed by atoms with Crippen LogP contribution in [-0.4, -0.2) is 56.2 Å². The molecular formula is C22H28N4O4. The molecule has 160 valence electrons. The van der Waals surface area contributed by atoms with Crippen LogP contribution in [0.4, 0.5) is 9.59 Å². The maximum absolute atomic E-state index is 12.5. The summed E-state index contributed by atoms with van der Waals surface area (Å²) >= 11 is 0.